The molecule has 2 nitrogen and oxygen atoms in total. The van der Waals surface area contributed by atoms with Crippen molar-refractivity contribution in [3.63, 3.8) is 0 Å². The Morgan fingerprint density at radius 2 is 1.78 bits per heavy atom. The van der Waals surface area contributed by atoms with Crippen LogP contribution in [0.3, 0.4) is 0 Å². The maximum Gasteiger partial charge on any atom is 0.139 e. The lowest BCUT2D eigenvalue weighted by Gasteiger charge is -2.59. The van der Waals surface area contributed by atoms with Crippen molar-refractivity contribution in [3.8, 4) is 0 Å². The lowest BCUT2D eigenvalue weighted by molar-refractivity contribution is -0.157. The van der Waals surface area contributed by atoms with Gasteiger partial charge in [-0.15, -0.1) is 0 Å². The highest BCUT2D eigenvalue weighted by atomic mass is 16.1. The maximum atomic E-state index is 12.9. The van der Waals surface area contributed by atoms with Crippen molar-refractivity contribution in [2.24, 2.45) is 40.4 Å². The summed E-state index contributed by atoms with van der Waals surface area (Å²) in [6, 6.07) is 0. The van der Waals surface area contributed by atoms with E-state index in [9.17, 15) is 9.59 Å². The number of hydrogen-bond donors (Lipinski definition) is 0. The van der Waals surface area contributed by atoms with Gasteiger partial charge in [-0.05, 0) is 87.4 Å². The highest BCUT2D eigenvalue weighted by molar-refractivity contribution is 5.86. The summed E-state index contributed by atoms with van der Waals surface area (Å²) < 4.78 is 0. The molecule has 2 heteroatoms. The highest BCUT2D eigenvalue weighted by Gasteiger charge is 2.62. The fourth-order valence-corrected chi connectivity index (χ4v) is 7.76. The van der Waals surface area contributed by atoms with Crippen molar-refractivity contribution < 1.29 is 9.59 Å². The molecule has 0 aromatic rings. The van der Waals surface area contributed by atoms with Gasteiger partial charge in [-0.3, -0.25) is 9.59 Å². The zero-order valence-corrected chi connectivity index (χ0v) is 15.1. The van der Waals surface area contributed by atoms with E-state index in [0.717, 1.165) is 19.3 Å². The monoisotopic (exact) mass is 316 g/mol. The van der Waals surface area contributed by atoms with E-state index < -0.39 is 0 Å². The molecule has 4 fully saturated rings. The molecule has 7 atom stereocenters. The summed E-state index contributed by atoms with van der Waals surface area (Å²) in [7, 11) is 0. The van der Waals surface area contributed by atoms with Crippen LogP contribution in [0.5, 0.6) is 0 Å². The molecule has 128 valence electrons. The largest absolute Gasteiger partial charge is 0.300 e. The molecule has 0 unspecified atom stereocenters. The van der Waals surface area contributed by atoms with Gasteiger partial charge in [0.2, 0.25) is 0 Å². The quantitative estimate of drug-likeness (QED) is 0.696. The Balaban J connectivity index is 1.67. The fourth-order valence-electron chi connectivity index (χ4n) is 7.76. The topological polar surface area (TPSA) is 34.1 Å². The Bertz CT molecular complexity index is 538. The van der Waals surface area contributed by atoms with Crippen LogP contribution in [0.25, 0.3) is 0 Å². The van der Waals surface area contributed by atoms with E-state index in [0.29, 0.717) is 35.2 Å². The third-order valence-corrected chi connectivity index (χ3v) is 8.95. The van der Waals surface area contributed by atoms with Gasteiger partial charge in [-0.1, -0.05) is 13.8 Å². The first-order valence-electron chi connectivity index (χ1n) is 9.92. The minimum atomic E-state index is -0.0448. The SMILES string of the molecule is CC(=O)[C@H]1CC[C@H]2[C@@H]3CC[C@@H]4CCCC(=O)[C@]4(C)[C@H]3CC[C@@]12C. The number of hydrogen-bond acceptors (Lipinski definition) is 2. The van der Waals surface area contributed by atoms with Gasteiger partial charge in [0, 0.05) is 17.8 Å². The second-order valence-electron chi connectivity index (χ2n) is 9.53. The second-order valence-corrected chi connectivity index (χ2v) is 9.53. The smallest absolute Gasteiger partial charge is 0.139 e. The molecule has 4 saturated carbocycles. The molecule has 0 radical (unpaired) electrons. The molecule has 0 N–H and O–H groups in total. The van der Waals surface area contributed by atoms with Crippen LogP contribution in [0, 0.1) is 40.4 Å². The lowest BCUT2D eigenvalue weighted by atomic mass is 9.44. The Morgan fingerprint density at radius 1 is 1.00 bits per heavy atom. The van der Waals surface area contributed by atoms with Crippen molar-refractivity contribution in [2.75, 3.05) is 0 Å². The van der Waals surface area contributed by atoms with Crippen molar-refractivity contribution in [1.82, 2.24) is 0 Å². The van der Waals surface area contributed by atoms with Crippen LogP contribution in [0.1, 0.15) is 78.6 Å². The molecule has 0 aliphatic heterocycles. The minimum Gasteiger partial charge on any atom is -0.300 e. The van der Waals surface area contributed by atoms with Crippen molar-refractivity contribution >= 4 is 11.6 Å². The third-order valence-electron chi connectivity index (χ3n) is 8.95. The molecule has 0 amide bonds. The average Bonchev–Trinajstić information content (AvgIpc) is 2.86. The van der Waals surface area contributed by atoms with Crippen LogP contribution in [0.4, 0.5) is 0 Å². The van der Waals surface area contributed by atoms with Crippen LogP contribution < -0.4 is 0 Å². The predicted octanol–water partition coefficient (Wildman–Crippen LogP) is 4.80. The van der Waals surface area contributed by atoms with E-state index in [1.807, 2.05) is 0 Å². The van der Waals surface area contributed by atoms with Crippen LogP contribution in [0.15, 0.2) is 0 Å². The van der Waals surface area contributed by atoms with Crippen molar-refractivity contribution in [3.05, 3.63) is 0 Å². The summed E-state index contributed by atoms with van der Waals surface area (Å²) in [5.74, 6) is 3.86. The summed E-state index contributed by atoms with van der Waals surface area (Å²) in [5, 5.41) is 0. The number of carbonyl (C=O) groups excluding carboxylic acids is 2. The zero-order valence-electron chi connectivity index (χ0n) is 15.1. The van der Waals surface area contributed by atoms with Gasteiger partial charge in [-0.25, -0.2) is 0 Å². The van der Waals surface area contributed by atoms with Gasteiger partial charge in [-0.2, -0.15) is 0 Å². The first-order chi connectivity index (χ1) is 10.9. The molecule has 23 heavy (non-hydrogen) atoms. The standard InChI is InChI=1S/C21H32O2/c1-13(22)16-9-10-17-15-8-7-14-5-4-6-19(23)21(14,3)18(15)11-12-20(16,17)2/h14-18H,4-12H2,1-3H3/t14-,15-,16+,17-,18-,20-,21-/m0/s1. The van der Waals surface area contributed by atoms with Gasteiger partial charge in [0.05, 0.1) is 0 Å². The van der Waals surface area contributed by atoms with Crippen molar-refractivity contribution in [1.29, 1.82) is 0 Å². The minimum absolute atomic E-state index is 0.0448. The molecule has 4 aliphatic rings. The lowest BCUT2D eigenvalue weighted by Crippen LogP contribution is -2.56. The summed E-state index contributed by atoms with van der Waals surface area (Å²) >= 11 is 0. The molecule has 0 aromatic carbocycles. The van der Waals surface area contributed by atoms with E-state index in [1.165, 1.54) is 38.5 Å². The van der Waals surface area contributed by atoms with Crippen LogP contribution in [-0.4, -0.2) is 11.6 Å². The maximum absolute atomic E-state index is 12.9. The second kappa shape index (κ2) is 5.17. The van der Waals surface area contributed by atoms with E-state index in [1.54, 1.807) is 6.92 Å². The summed E-state index contributed by atoms with van der Waals surface area (Å²) in [6.07, 6.45) is 10.4. The number of Topliss-reactive ketones (excluding diaryl/α,β-unsaturated/α-hetero) is 2. The molecule has 0 bridgehead atoms. The summed E-state index contributed by atoms with van der Waals surface area (Å²) in [5.41, 5.74) is 0.171. The Kier molecular flexibility index (Phi) is 3.56. The molecule has 4 rings (SSSR count). The van der Waals surface area contributed by atoms with Crippen LogP contribution in [0.2, 0.25) is 0 Å². The Labute approximate surface area is 140 Å². The highest BCUT2D eigenvalue weighted by Crippen LogP contribution is 2.66. The van der Waals surface area contributed by atoms with E-state index >= 15 is 0 Å². The number of carbonyl (C=O) groups is 2. The van der Waals surface area contributed by atoms with Crippen LogP contribution >= 0.6 is 0 Å². The summed E-state index contributed by atoms with van der Waals surface area (Å²) in [6.45, 7) is 6.51. The van der Waals surface area contributed by atoms with Gasteiger partial charge < -0.3 is 0 Å². The molecule has 0 spiro atoms. The van der Waals surface area contributed by atoms with Gasteiger partial charge in [0.25, 0.3) is 0 Å². The van der Waals surface area contributed by atoms with Gasteiger partial charge in [0.1, 0.15) is 11.6 Å². The van der Waals surface area contributed by atoms with Crippen molar-refractivity contribution in [2.45, 2.75) is 78.6 Å². The van der Waals surface area contributed by atoms with E-state index in [4.69, 9.17) is 0 Å². The Hall–Kier alpha value is -0.660. The molecule has 0 saturated heterocycles. The normalized spacial score (nSPS) is 52.5. The number of ketones is 2. The summed E-state index contributed by atoms with van der Waals surface area (Å²) in [4.78, 5) is 25.1. The molecule has 4 aliphatic carbocycles. The predicted molar refractivity (Wildman–Crippen MR) is 90.9 cm³/mol. The van der Waals surface area contributed by atoms with E-state index in [2.05, 4.69) is 13.8 Å². The van der Waals surface area contributed by atoms with Gasteiger partial charge >= 0.3 is 0 Å². The first kappa shape index (κ1) is 15.8. The number of fused-ring (bicyclic) bond motifs is 5. The average molecular weight is 316 g/mol. The Morgan fingerprint density at radius 3 is 2.52 bits per heavy atom. The first-order valence-corrected chi connectivity index (χ1v) is 9.92. The van der Waals surface area contributed by atoms with E-state index in [-0.39, 0.29) is 16.7 Å². The third kappa shape index (κ3) is 1.99. The number of rotatable bonds is 1. The van der Waals surface area contributed by atoms with Crippen LogP contribution in [-0.2, 0) is 9.59 Å². The molecular weight excluding hydrogens is 284 g/mol. The van der Waals surface area contributed by atoms with Gasteiger partial charge in [0.15, 0.2) is 0 Å². The zero-order chi connectivity index (χ0) is 16.4. The molecule has 0 heterocycles. The molecular formula is C21H32O2. The fraction of sp³-hybridized carbons (Fsp3) is 0.905. The molecule has 0 aromatic heterocycles.